The minimum atomic E-state index is -0.150. The summed E-state index contributed by atoms with van der Waals surface area (Å²) in [4.78, 5) is 20.3. The van der Waals surface area contributed by atoms with Gasteiger partial charge in [0, 0.05) is 19.0 Å². The molecule has 2 aromatic carbocycles. The number of hydrogen-bond donors (Lipinski definition) is 0. The third-order valence-electron chi connectivity index (χ3n) is 5.20. The first kappa shape index (κ1) is 18.3. The fourth-order valence-electron chi connectivity index (χ4n) is 3.67. The van der Waals surface area contributed by atoms with Crippen LogP contribution >= 0.6 is 0 Å². The highest BCUT2D eigenvalue weighted by Gasteiger charge is 2.29. The number of ether oxygens (including phenoxy) is 2. The van der Waals surface area contributed by atoms with Gasteiger partial charge in [0.15, 0.2) is 17.6 Å². The second-order valence-corrected chi connectivity index (χ2v) is 7.13. The van der Waals surface area contributed by atoms with Gasteiger partial charge in [0.05, 0.1) is 18.2 Å². The molecule has 0 aliphatic carbocycles. The highest BCUT2D eigenvalue weighted by molar-refractivity contribution is 6.01. The molecule has 6 nitrogen and oxygen atoms in total. The number of rotatable bonds is 6. The van der Waals surface area contributed by atoms with Gasteiger partial charge in [0.1, 0.15) is 0 Å². The summed E-state index contributed by atoms with van der Waals surface area (Å²) >= 11 is 0. The lowest BCUT2D eigenvalue weighted by atomic mass is 9.95. The van der Waals surface area contributed by atoms with E-state index in [0.717, 1.165) is 34.8 Å². The van der Waals surface area contributed by atoms with Crippen LogP contribution in [0.2, 0.25) is 0 Å². The number of oxime groups is 1. The van der Waals surface area contributed by atoms with Crippen LogP contribution in [-0.4, -0.2) is 43.0 Å². The van der Waals surface area contributed by atoms with E-state index < -0.39 is 0 Å². The lowest BCUT2D eigenvalue weighted by Crippen LogP contribution is -2.37. The van der Waals surface area contributed by atoms with Crippen molar-refractivity contribution in [3.8, 4) is 11.5 Å². The van der Waals surface area contributed by atoms with Crippen molar-refractivity contribution in [2.24, 2.45) is 5.16 Å². The maximum Gasteiger partial charge on any atom is 0.231 e. The van der Waals surface area contributed by atoms with E-state index in [1.165, 1.54) is 0 Å². The Morgan fingerprint density at radius 3 is 2.75 bits per heavy atom. The van der Waals surface area contributed by atoms with Crippen LogP contribution in [-0.2, 0) is 9.63 Å². The van der Waals surface area contributed by atoms with Gasteiger partial charge in [-0.1, -0.05) is 42.4 Å². The number of hydrogen-bond acceptors (Lipinski definition) is 5. The van der Waals surface area contributed by atoms with Gasteiger partial charge >= 0.3 is 0 Å². The smallest absolute Gasteiger partial charge is 0.231 e. The maximum absolute atomic E-state index is 12.9. The first-order valence-electron chi connectivity index (χ1n) is 9.58. The summed E-state index contributed by atoms with van der Waals surface area (Å²) in [6.07, 6.45) is 1.26. The Hall–Kier alpha value is -3.02. The molecule has 0 bridgehead atoms. The number of likely N-dealkylation sites (N-methyl/N-ethyl adjacent to an activating group) is 1. The summed E-state index contributed by atoms with van der Waals surface area (Å²) in [5.74, 6) is 1.44. The summed E-state index contributed by atoms with van der Waals surface area (Å²) in [6.45, 7) is 2.79. The zero-order chi connectivity index (χ0) is 19.5. The van der Waals surface area contributed by atoms with Gasteiger partial charge in [0.25, 0.3) is 0 Å². The van der Waals surface area contributed by atoms with Crippen LogP contribution in [0.15, 0.2) is 53.7 Å². The van der Waals surface area contributed by atoms with Crippen molar-refractivity contribution in [3.63, 3.8) is 0 Å². The standard InChI is InChI=1S/C22H24N2O4/c1-3-18(15-7-5-4-6-8-15)22(25)24(2)13-17-12-19(23-28-17)16-9-10-20-21(11-16)27-14-26-20/h4-11,17-18H,3,12-14H2,1-2H3/t17-,18+/m1/s1. The topological polar surface area (TPSA) is 60.4 Å². The van der Waals surface area contributed by atoms with Crippen LogP contribution in [0.1, 0.15) is 36.8 Å². The van der Waals surface area contributed by atoms with Crippen LogP contribution in [0.3, 0.4) is 0 Å². The van der Waals surface area contributed by atoms with Gasteiger partial charge in [-0.25, -0.2) is 0 Å². The SMILES string of the molecule is CC[C@H](C(=O)N(C)C[C@H]1CC(c2ccc3c(c2)OCO3)=NO1)c1ccccc1. The number of carbonyl (C=O) groups is 1. The quantitative estimate of drug-likeness (QED) is 0.769. The molecule has 0 radical (unpaired) electrons. The van der Waals surface area contributed by atoms with Crippen molar-refractivity contribution in [2.45, 2.75) is 31.8 Å². The summed E-state index contributed by atoms with van der Waals surface area (Å²) in [5.41, 5.74) is 2.86. The van der Waals surface area contributed by atoms with E-state index in [1.54, 1.807) is 4.90 Å². The van der Waals surface area contributed by atoms with Gasteiger partial charge in [0.2, 0.25) is 12.7 Å². The monoisotopic (exact) mass is 380 g/mol. The van der Waals surface area contributed by atoms with E-state index in [4.69, 9.17) is 14.3 Å². The lowest BCUT2D eigenvalue weighted by molar-refractivity contribution is -0.133. The van der Waals surface area contributed by atoms with Gasteiger partial charge in [-0.15, -0.1) is 0 Å². The van der Waals surface area contributed by atoms with Crippen LogP contribution in [0.5, 0.6) is 11.5 Å². The minimum absolute atomic E-state index is 0.105. The first-order valence-corrected chi connectivity index (χ1v) is 9.58. The molecular weight excluding hydrogens is 356 g/mol. The molecule has 0 N–H and O–H groups in total. The molecule has 2 aliphatic rings. The molecule has 0 spiro atoms. The highest BCUT2D eigenvalue weighted by atomic mass is 16.7. The molecule has 0 unspecified atom stereocenters. The molecule has 0 fully saturated rings. The molecule has 2 atom stereocenters. The predicted molar refractivity (Wildman–Crippen MR) is 106 cm³/mol. The number of fused-ring (bicyclic) bond motifs is 1. The van der Waals surface area contributed by atoms with Crippen molar-refractivity contribution in [2.75, 3.05) is 20.4 Å². The Balaban J connectivity index is 1.37. The molecule has 146 valence electrons. The van der Waals surface area contributed by atoms with Crippen LogP contribution < -0.4 is 9.47 Å². The third-order valence-corrected chi connectivity index (χ3v) is 5.20. The number of carbonyl (C=O) groups excluding carboxylic acids is 1. The fourth-order valence-corrected chi connectivity index (χ4v) is 3.67. The summed E-state index contributed by atoms with van der Waals surface area (Å²) < 4.78 is 10.8. The zero-order valence-electron chi connectivity index (χ0n) is 16.1. The Labute approximate surface area is 164 Å². The van der Waals surface area contributed by atoms with Crippen LogP contribution in [0.4, 0.5) is 0 Å². The third kappa shape index (κ3) is 3.67. The molecule has 2 heterocycles. The Kier molecular flexibility index (Phi) is 5.19. The van der Waals surface area contributed by atoms with E-state index >= 15 is 0 Å². The van der Waals surface area contributed by atoms with E-state index in [1.807, 2.05) is 62.5 Å². The largest absolute Gasteiger partial charge is 0.454 e. The predicted octanol–water partition coefficient (Wildman–Crippen LogP) is 3.56. The molecule has 28 heavy (non-hydrogen) atoms. The van der Waals surface area contributed by atoms with E-state index in [9.17, 15) is 4.79 Å². The summed E-state index contributed by atoms with van der Waals surface area (Å²) in [6, 6.07) is 15.7. The van der Waals surface area contributed by atoms with Gasteiger partial charge in [-0.2, -0.15) is 0 Å². The highest BCUT2D eigenvalue weighted by Crippen LogP contribution is 2.33. The van der Waals surface area contributed by atoms with Crippen molar-refractivity contribution >= 4 is 11.6 Å². The minimum Gasteiger partial charge on any atom is -0.454 e. The Morgan fingerprint density at radius 2 is 1.96 bits per heavy atom. The molecule has 4 rings (SSSR count). The van der Waals surface area contributed by atoms with Crippen LogP contribution in [0.25, 0.3) is 0 Å². The summed E-state index contributed by atoms with van der Waals surface area (Å²) in [5, 5.41) is 4.23. The molecule has 0 saturated heterocycles. The van der Waals surface area contributed by atoms with Gasteiger partial charge < -0.3 is 19.2 Å². The Bertz CT molecular complexity index is 881. The van der Waals surface area contributed by atoms with Gasteiger partial charge in [-0.05, 0) is 30.2 Å². The Morgan fingerprint density at radius 1 is 1.18 bits per heavy atom. The van der Waals surface area contributed by atoms with Crippen molar-refractivity contribution in [3.05, 3.63) is 59.7 Å². The molecule has 2 aromatic rings. The number of benzene rings is 2. The van der Waals surface area contributed by atoms with Crippen molar-refractivity contribution < 1.29 is 19.1 Å². The van der Waals surface area contributed by atoms with E-state index in [-0.39, 0.29) is 24.7 Å². The first-order chi connectivity index (χ1) is 13.7. The number of nitrogens with zero attached hydrogens (tertiary/aromatic N) is 2. The van der Waals surface area contributed by atoms with Crippen LogP contribution in [0, 0.1) is 0 Å². The second-order valence-electron chi connectivity index (χ2n) is 7.13. The van der Waals surface area contributed by atoms with Crippen molar-refractivity contribution in [1.82, 2.24) is 4.90 Å². The molecule has 1 amide bonds. The van der Waals surface area contributed by atoms with E-state index in [0.29, 0.717) is 13.0 Å². The molecule has 6 heteroatoms. The van der Waals surface area contributed by atoms with E-state index in [2.05, 4.69) is 5.16 Å². The lowest BCUT2D eigenvalue weighted by Gasteiger charge is -2.25. The average molecular weight is 380 g/mol. The molecular formula is C22H24N2O4. The van der Waals surface area contributed by atoms with Crippen molar-refractivity contribution in [1.29, 1.82) is 0 Å². The fraction of sp³-hybridized carbons (Fsp3) is 0.364. The molecule has 0 aromatic heterocycles. The number of amides is 1. The molecule has 2 aliphatic heterocycles. The summed E-state index contributed by atoms with van der Waals surface area (Å²) in [7, 11) is 1.83. The zero-order valence-corrected chi connectivity index (χ0v) is 16.1. The second kappa shape index (κ2) is 7.92. The normalized spacial score (nSPS) is 18.4. The average Bonchev–Trinajstić information content (AvgIpc) is 3.38. The van der Waals surface area contributed by atoms with Gasteiger partial charge in [-0.3, -0.25) is 4.79 Å². The molecule has 0 saturated carbocycles. The maximum atomic E-state index is 12.9.